The summed E-state index contributed by atoms with van der Waals surface area (Å²) in [6.07, 6.45) is 8.26. The Balaban J connectivity index is 3.63. The first kappa shape index (κ1) is 13.9. The second-order valence-electron chi connectivity index (χ2n) is 4.27. The van der Waals surface area contributed by atoms with E-state index in [2.05, 4.69) is 13.8 Å². The normalized spacial score (nSPS) is 15.4. The third-order valence-corrected chi connectivity index (χ3v) is 3.01. The molecule has 0 spiro atoms. The zero-order valence-corrected chi connectivity index (χ0v) is 10.1. The molecule has 2 N–H and O–H groups in total. The Kier molecular flexibility index (Phi) is 8.20. The lowest BCUT2D eigenvalue weighted by molar-refractivity contribution is 0.187. The average molecular weight is 201 g/mol. The monoisotopic (exact) mass is 201 g/mol. The fourth-order valence-electron chi connectivity index (χ4n) is 1.73. The number of nitrogens with two attached hydrogens (primary N) is 1. The van der Waals surface area contributed by atoms with Gasteiger partial charge in [-0.05, 0) is 32.1 Å². The molecule has 0 saturated carbocycles. The average Bonchev–Trinajstić information content (AvgIpc) is 2.22. The SMILES string of the molecule is CCCCC(N)(CC)CCCCOC. The Bertz CT molecular complexity index is 127. The van der Waals surface area contributed by atoms with Crippen LogP contribution in [0, 0.1) is 0 Å². The van der Waals surface area contributed by atoms with Crippen molar-refractivity contribution in [3.8, 4) is 0 Å². The summed E-state index contributed by atoms with van der Waals surface area (Å²) >= 11 is 0. The van der Waals surface area contributed by atoms with Crippen LogP contribution < -0.4 is 5.73 Å². The maximum absolute atomic E-state index is 6.32. The number of ether oxygens (including phenoxy) is 1. The van der Waals surface area contributed by atoms with Gasteiger partial charge in [-0.3, -0.25) is 0 Å². The van der Waals surface area contributed by atoms with Gasteiger partial charge in [0.15, 0.2) is 0 Å². The van der Waals surface area contributed by atoms with E-state index >= 15 is 0 Å². The molecule has 0 aliphatic heterocycles. The Morgan fingerprint density at radius 3 is 2.21 bits per heavy atom. The summed E-state index contributed by atoms with van der Waals surface area (Å²) in [5, 5.41) is 0. The number of rotatable bonds is 9. The fraction of sp³-hybridized carbons (Fsp3) is 1.00. The van der Waals surface area contributed by atoms with Gasteiger partial charge < -0.3 is 10.5 Å². The van der Waals surface area contributed by atoms with Crippen LogP contribution >= 0.6 is 0 Å². The maximum atomic E-state index is 6.32. The molecule has 0 aromatic rings. The van der Waals surface area contributed by atoms with Crippen LogP contribution in [0.1, 0.15) is 58.8 Å². The van der Waals surface area contributed by atoms with Crippen molar-refractivity contribution in [3.05, 3.63) is 0 Å². The van der Waals surface area contributed by atoms with Crippen molar-refractivity contribution in [2.45, 2.75) is 64.3 Å². The van der Waals surface area contributed by atoms with E-state index in [-0.39, 0.29) is 5.54 Å². The number of hydrogen-bond donors (Lipinski definition) is 1. The highest BCUT2D eigenvalue weighted by Crippen LogP contribution is 2.21. The second-order valence-corrected chi connectivity index (χ2v) is 4.27. The lowest BCUT2D eigenvalue weighted by Crippen LogP contribution is -2.38. The highest BCUT2D eigenvalue weighted by atomic mass is 16.5. The van der Waals surface area contributed by atoms with E-state index < -0.39 is 0 Å². The lowest BCUT2D eigenvalue weighted by atomic mass is 9.86. The van der Waals surface area contributed by atoms with Crippen LogP contribution in [0.4, 0.5) is 0 Å². The van der Waals surface area contributed by atoms with Crippen molar-refractivity contribution in [1.29, 1.82) is 0 Å². The molecular weight excluding hydrogens is 174 g/mol. The molecule has 1 unspecified atom stereocenters. The molecule has 14 heavy (non-hydrogen) atoms. The molecule has 1 atom stereocenters. The summed E-state index contributed by atoms with van der Waals surface area (Å²) in [5.41, 5.74) is 6.41. The van der Waals surface area contributed by atoms with E-state index in [0.29, 0.717) is 0 Å². The molecule has 2 nitrogen and oxygen atoms in total. The fourth-order valence-corrected chi connectivity index (χ4v) is 1.73. The first-order chi connectivity index (χ1) is 6.68. The second kappa shape index (κ2) is 8.25. The van der Waals surface area contributed by atoms with Crippen molar-refractivity contribution in [2.75, 3.05) is 13.7 Å². The van der Waals surface area contributed by atoms with Gasteiger partial charge in [0, 0.05) is 19.3 Å². The van der Waals surface area contributed by atoms with Crippen LogP contribution in [0.25, 0.3) is 0 Å². The molecule has 0 radical (unpaired) electrons. The molecule has 0 saturated heterocycles. The van der Waals surface area contributed by atoms with Crippen molar-refractivity contribution in [2.24, 2.45) is 5.73 Å². The van der Waals surface area contributed by atoms with Crippen LogP contribution in [0.15, 0.2) is 0 Å². The third-order valence-electron chi connectivity index (χ3n) is 3.01. The first-order valence-corrected chi connectivity index (χ1v) is 5.96. The minimum atomic E-state index is 0.0871. The quantitative estimate of drug-likeness (QED) is 0.582. The Hall–Kier alpha value is -0.0800. The van der Waals surface area contributed by atoms with E-state index in [0.717, 1.165) is 25.9 Å². The topological polar surface area (TPSA) is 35.2 Å². The lowest BCUT2D eigenvalue weighted by Gasteiger charge is -2.28. The summed E-state index contributed by atoms with van der Waals surface area (Å²) in [6.45, 7) is 5.29. The molecule has 0 aliphatic carbocycles. The van der Waals surface area contributed by atoms with Crippen LogP contribution in [0.5, 0.6) is 0 Å². The number of hydrogen-bond acceptors (Lipinski definition) is 2. The van der Waals surface area contributed by atoms with E-state index in [1.807, 2.05) is 0 Å². The van der Waals surface area contributed by atoms with E-state index in [9.17, 15) is 0 Å². The molecule has 2 heteroatoms. The van der Waals surface area contributed by atoms with Crippen molar-refractivity contribution in [1.82, 2.24) is 0 Å². The zero-order valence-electron chi connectivity index (χ0n) is 10.1. The maximum Gasteiger partial charge on any atom is 0.0462 e. The molecular formula is C12H27NO. The van der Waals surface area contributed by atoms with Gasteiger partial charge in [0.05, 0.1) is 0 Å². The molecule has 0 fully saturated rings. The van der Waals surface area contributed by atoms with Crippen LogP contribution in [0.3, 0.4) is 0 Å². The Morgan fingerprint density at radius 1 is 1.07 bits per heavy atom. The summed E-state index contributed by atoms with van der Waals surface area (Å²) in [4.78, 5) is 0. The van der Waals surface area contributed by atoms with Gasteiger partial charge in [0.2, 0.25) is 0 Å². The third kappa shape index (κ3) is 6.39. The summed E-state index contributed by atoms with van der Waals surface area (Å²) in [7, 11) is 1.76. The highest BCUT2D eigenvalue weighted by Gasteiger charge is 2.20. The highest BCUT2D eigenvalue weighted by molar-refractivity contribution is 4.81. The summed E-state index contributed by atoms with van der Waals surface area (Å²) in [5.74, 6) is 0. The van der Waals surface area contributed by atoms with Gasteiger partial charge >= 0.3 is 0 Å². The van der Waals surface area contributed by atoms with Crippen molar-refractivity contribution >= 4 is 0 Å². The van der Waals surface area contributed by atoms with Gasteiger partial charge in [-0.15, -0.1) is 0 Å². The summed E-state index contributed by atoms with van der Waals surface area (Å²) in [6, 6.07) is 0. The Morgan fingerprint density at radius 2 is 1.71 bits per heavy atom. The van der Waals surface area contributed by atoms with Crippen LogP contribution in [-0.4, -0.2) is 19.3 Å². The van der Waals surface area contributed by atoms with Gasteiger partial charge in [0.25, 0.3) is 0 Å². The number of methoxy groups -OCH3 is 1. The van der Waals surface area contributed by atoms with E-state index in [1.54, 1.807) is 7.11 Å². The molecule has 0 bridgehead atoms. The molecule has 0 amide bonds. The van der Waals surface area contributed by atoms with Crippen molar-refractivity contribution < 1.29 is 4.74 Å². The zero-order chi connectivity index (χ0) is 10.9. The number of unbranched alkanes of at least 4 members (excludes halogenated alkanes) is 2. The largest absolute Gasteiger partial charge is 0.385 e. The smallest absolute Gasteiger partial charge is 0.0462 e. The molecule has 0 aromatic heterocycles. The van der Waals surface area contributed by atoms with Crippen LogP contribution in [-0.2, 0) is 4.74 Å². The van der Waals surface area contributed by atoms with E-state index in [1.165, 1.54) is 25.7 Å². The van der Waals surface area contributed by atoms with Gasteiger partial charge in [-0.2, -0.15) is 0 Å². The minimum absolute atomic E-state index is 0.0871. The molecule has 0 aromatic carbocycles. The molecule has 86 valence electrons. The first-order valence-electron chi connectivity index (χ1n) is 5.96. The minimum Gasteiger partial charge on any atom is -0.385 e. The van der Waals surface area contributed by atoms with Gasteiger partial charge in [-0.1, -0.05) is 26.7 Å². The van der Waals surface area contributed by atoms with E-state index in [4.69, 9.17) is 10.5 Å². The predicted molar refractivity (Wildman–Crippen MR) is 62.5 cm³/mol. The predicted octanol–water partition coefficient (Wildman–Crippen LogP) is 3.10. The molecule has 0 heterocycles. The van der Waals surface area contributed by atoms with Crippen LogP contribution in [0.2, 0.25) is 0 Å². The van der Waals surface area contributed by atoms with Crippen molar-refractivity contribution in [3.63, 3.8) is 0 Å². The standard InChI is InChI=1S/C12H27NO/c1-4-6-9-12(13,5-2)10-7-8-11-14-3/h4-11,13H2,1-3H3. The molecule has 0 aliphatic rings. The summed E-state index contributed by atoms with van der Waals surface area (Å²) < 4.78 is 5.03. The Labute approximate surface area is 89.2 Å². The molecule has 0 rings (SSSR count). The van der Waals surface area contributed by atoms with Gasteiger partial charge in [0.1, 0.15) is 0 Å². The van der Waals surface area contributed by atoms with Gasteiger partial charge in [-0.25, -0.2) is 0 Å².